The van der Waals surface area contributed by atoms with Gasteiger partial charge >= 0.3 is 0 Å². The Kier molecular flexibility index (Phi) is 11.9. The lowest BCUT2D eigenvalue weighted by Gasteiger charge is -2.41. The molecule has 0 saturated carbocycles. The average Bonchev–Trinajstić information content (AvgIpc) is 3.06. The van der Waals surface area contributed by atoms with Gasteiger partial charge in [0.1, 0.15) is 17.5 Å². The van der Waals surface area contributed by atoms with E-state index in [1.165, 1.54) is 11.1 Å². The molecule has 0 saturated heterocycles. The topological polar surface area (TPSA) is 74.2 Å². The Balaban J connectivity index is 0.000000211. The lowest BCUT2D eigenvalue weighted by molar-refractivity contribution is 0.211. The molecule has 0 radical (unpaired) electrons. The van der Waals surface area contributed by atoms with Gasteiger partial charge in [0, 0.05) is 36.1 Å². The molecular formula is C45H62N2O4Si2. The molecular weight excluding hydrogens is 689 g/mol. The fourth-order valence-corrected chi connectivity index (χ4v) is 9.17. The summed E-state index contributed by atoms with van der Waals surface area (Å²) in [5.74, 6) is 10.7. The van der Waals surface area contributed by atoms with Crippen LogP contribution in [-0.2, 0) is 0 Å². The van der Waals surface area contributed by atoms with E-state index in [1.54, 1.807) is 12.2 Å². The zero-order valence-electron chi connectivity index (χ0n) is 34.0. The van der Waals surface area contributed by atoms with Crippen LogP contribution >= 0.6 is 0 Å². The van der Waals surface area contributed by atoms with Crippen LogP contribution in [0.5, 0.6) is 11.5 Å². The van der Waals surface area contributed by atoms with Crippen LogP contribution in [0.4, 0.5) is 11.4 Å². The van der Waals surface area contributed by atoms with Crippen molar-refractivity contribution in [2.75, 3.05) is 23.8 Å². The maximum absolute atomic E-state index is 10.9. The Morgan fingerprint density at radius 1 is 0.811 bits per heavy atom. The van der Waals surface area contributed by atoms with Crippen LogP contribution in [0.15, 0.2) is 59.7 Å². The number of fused-ring (bicyclic) bond motifs is 4. The summed E-state index contributed by atoms with van der Waals surface area (Å²) in [7, 11) is -1.72. The average molecular weight is 751 g/mol. The molecule has 2 aromatic carbocycles. The summed E-state index contributed by atoms with van der Waals surface area (Å²) in [5.41, 5.74) is 9.17. The molecule has 6 nitrogen and oxygen atoms in total. The number of allylic oxidation sites excluding steroid dienone is 2. The van der Waals surface area contributed by atoms with E-state index in [0.717, 1.165) is 90.2 Å². The van der Waals surface area contributed by atoms with Gasteiger partial charge in [0.15, 0.2) is 0 Å². The van der Waals surface area contributed by atoms with Crippen LogP contribution in [0.25, 0.3) is 11.1 Å². The highest BCUT2D eigenvalue weighted by Gasteiger charge is 2.41. The van der Waals surface area contributed by atoms with Crippen LogP contribution in [0, 0.1) is 24.2 Å². The van der Waals surface area contributed by atoms with Gasteiger partial charge in [0.05, 0.1) is 12.2 Å². The molecule has 2 aliphatic carbocycles. The quantitative estimate of drug-likeness (QED) is 0.214. The summed E-state index contributed by atoms with van der Waals surface area (Å²) in [6.07, 6.45) is 13.5. The number of hydrogen-bond acceptors (Lipinski definition) is 6. The molecule has 0 spiro atoms. The Labute approximate surface area is 322 Å². The second-order valence-electron chi connectivity index (χ2n) is 18.0. The monoisotopic (exact) mass is 750 g/mol. The highest BCUT2D eigenvalue weighted by Crippen LogP contribution is 2.47. The van der Waals surface area contributed by atoms with E-state index in [0.29, 0.717) is 0 Å². The fourth-order valence-electron chi connectivity index (χ4n) is 7.13. The molecule has 2 heterocycles. The van der Waals surface area contributed by atoms with E-state index in [4.69, 9.17) is 15.3 Å². The van der Waals surface area contributed by atoms with Crippen LogP contribution in [-0.4, -0.2) is 58.7 Å². The first kappa shape index (κ1) is 40.5. The second kappa shape index (κ2) is 15.6. The van der Waals surface area contributed by atoms with Crippen molar-refractivity contribution in [3.8, 4) is 35.7 Å². The molecule has 2 unspecified atom stereocenters. The molecule has 3 atom stereocenters. The van der Waals surface area contributed by atoms with Gasteiger partial charge < -0.3 is 29.3 Å². The number of benzene rings is 2. The maximum atomic E-state index is 10.9. The largest absolute Gasteiger partial charge is 0.543 e. The number of anilines is 2. The van der Waals surface area contributed by atoms with Crippen LogP contribution < -0.4 is 19.1 Å². The van der Waals surface area contributed by atoms with Gasteiger partial charge in [-0.25, -0.2) is 0 Å². The minimum absolute atomic E-state index is 0.0583. The molecule has 0 bridgehead atoms. The van der Waals surface area contributed by atoms with Crippen LogP contribution in [0.3, 0.4) is 0 Å². The van der Waals surface area contributed by atoms with Crippen molar-refractivity contribution in [3.05, 3.63) is 70.8 Å². The van der Waals surface area contributed by atoms with E-state index < -0.39 is 22.7 Å². The summed E-state index contributed by atoms with van der Waals surface area (Å²) in [5, 5.41) is 25.2. The molecule has 8 heteroatoms. The predicted octanol–water partition coefficient (Wildman–Crippen LogP) is 10.2. The van der Waals surface area contributed by atoms with Gasteiger partial charge in [0.25, 0.3) is 0 Å². The number of hydrogen-bond donors (Lipinski definition) is 3. The van der Waals surface area contributed by atoms with Gasteiger partial charge in [-0.15, -0.1) is 6.42 Å². The van der Waals surface area contributed by atoms with E-state index in [9.17, 15) is 10.2 Å². The number of rotatable bonds is 4. The molecule has 3 N–H and O–H groups in total. The minimum atomic E-state index is -1.95. The second-order valence-corrected chi connectivity index (χ2v) is 27.5. The van der Waals surface area contributed by atoms with Crippen LogP contribution in [0.1, 0.15) is 91.2 Å². The summed E-state index contributed by atoms with van der Waals surface area (Å²) in [4.78, 5) is 2.21. The maximum Gasteiger partial charge on any atom is 0.250 e. The molecule has 4 aliphatic rings. The van der Waals surface area contributed by atoms with Crippen molar-refractivity contribution in [3.63, 3.8) is 0 Å². The van der Waals surface area contributed by atoms with Crippen LogP contribution in [0.2, 0.25) is 36.3 Å². The van der Waals surface area contributed by atoms with Crippen molar-refractivity contribution >= 4 is 39.2 Å². The number of nitrogens with zero attached hydrogens (tertiary/aromatic N) is 1. The van der Waals surface area contributed by atoms with Gasteiger partial charge in [-0.05, 0) is 146 Å². The Morgan fingerprint density at radius 2 is 1.38 bits per heavy atom. The molecule has 0 aromatic heterocycles. The number of nitrogens with one attached hydrogen (secondary N) is 1. The molecule has 2 aromatic rings. The number of aliphatic hydroxyl groups excluding tert-OH is 2. The van der Waals surface area contributed by atoms with Crippen molar-refractivity contribution in [1.29, 1.82) is 0 Å². The Bertz CT molecular complexity index is 1890. The molecule has 0 amide bonds. The summed E-state index contributed by atoms with van der Waals surface area (Å²) < 4.78 is 13.0. The van der Waals surface area contributed by atoms with Crippen molar-refractivity contribution < 1.29 is 19.1 Å². The van der Waals surface area contributed by atoms with Crippen molar-refractivity contribution in [1.82, 2.24) is 0 Å². The predicted molar refractivity (Wildman–Crippen MR) is 229 cm³/mol. The Morgan fingerprint density at radius 3 is 1.98 bits per heavy atom. The van der Waals surface area contributed by atoms with Crippen molar-refractivity contribution in [2.45, 2.75) is 135 Å². The SMILES string of the molecule is C#C/C=C\C#C[C@H]1C2=C(c3cc(O[Si](C)(C)C(C)(C)C)ccc3N1C)C(O)CCC2.CC(C)(C)[Si](C)(C)Oc1ccc2c(c1)C1=C(CCCC1O)CN2. The van der Waals surface area contributed by atoms with Gasteiger partial charge in [0.2, 0.25) is 16.6 Å². The Hall–Kier alpha value is -3.67. The summed E-state index contributed by atoms with van der Waals surface area (Å²) in [6, 6.07) is 12.5. The van der Waals surface area contributed by atoms with Gasteiger partial charge in [-0.2, -0.15) is 0 Å². The first-order valence-corrected chi connectivity index (χ1v) is 25.1. The van der Waals surface area contributed by atoms with E-state index >= 15 is 0 Å². The molecule has 0 fully saturated rings. The third-order valence-corrected chi connectivity index (χ3v) is 21.0. The zero-order valence-corrected chi connectivity index (χ0v) is 36.0. The lowest BCUT2D eigenvalue weighted by Crippen LogP contribution is -2.44. The normalized spacial score (nSPS) is 21.4. The first-order chi connectivity index (χ1) is 24.8. The summed E-state index contributed by atoms with van der Waals surface area (Å²) >= 11 is 0. The van der Waals surface area contributed by atoms with Gasteiger partial charge in [-0.1, -0.05) is 59.3 Å². The lowest BCUT2D eigenvalue weighted by atomic mass is 9.78. The third-order valence-electron chi connectivity index (χ3n) is 12.2. The van der Waals surface area contributed by atoms with Gasteiger partial charge in [-0.3, -0.25) is 0 Å². The fraction of sp³-hybridized carbons (Fsp3) is 0.511. The van der Waals surface area contributed by atoms with E-state index in [2.05, 4.69) is 139 Å². The first-order valence-electron chi connectivity index (χ1n) is 19.3. The van der Waals surface area contributed by atoms with Crippen molar-refractivity contribution in [2.24, 2.45) is 0 Å². The molecule has 6 rings (SSSR count). The molecule has 284 valence electrons. The number of aliphatic hydroxyl groups is 2. The van der Waals surface area contributed by atoms with E-state index in [1.807, 2.05) is 0 Å². The molecule has 53 heavy (non-hydrogen) atoms. The van der Waals surface area contributed by atoms with E-state index in [-0.39, 0.29) is 22.2 Å². The highest BCUT2D eigenvalue weighted by molar-refractivity contribution is 6.75. The smallest absolute Gasteiger partial charge is 0.250 e. The summed E-state index contributed by atoms with van der Waals surface area (Å²) in [6.45, 7) is 23.4. The number of likely N-dealkylation sites (N-methyl/N-ethyl adjacent to an activating group) is 1. The highest BCUT2D eigenvalue weighted by atomic mass is 28.4. The zero-order chi connectivity index (χ0) is 38.9. The minimum Gasteiger partial charge on any atom is -0.543 e. The molecule has 2 aliphatic heterocycles. The standard InChI is InChI=1S/C26H33NO2Si.C19H29NO2Si/c1-8-9-10-11-14-22-20-13-12-15-24(28)25(20)21-18-19(16-17-23(21)27(22)5)29-30(6,7)26(2,3)4;1-19(2,3)23(4,5)22-14-9-10-16-15(11-14)18-13(12-20-16)7-6-8-17(18)21/h1,9-10,16-18,22,24,28H,12-13,15H2,2-7H3;9-11,17,20-21H,6-8,12H2,1-5H3/b10-9-;/t22-,24?;/m0./s1. The number of terminal acetylenes is 1. The third kappa shape index (κ3) is 8.68.